The second-order valence-corrected chi connectivity index (χ2v) is 5.67. The topological polar surface area (TPSA) is 18.5 Å². The van der Waals surface area contributed by atoms with Gasteiger partial charge in [-0.2, -0.15) is 0 Å². The molecule has 1 saturated heterocycles. The first-order chi connectivity index (χ1) is 10.3. The Morgan fingerprint density at radius 2 is 1.43 bits per heavy atom. The van der Waals surface area contributed by atoms with Gasteiger partial charge in [0.1, 0.15) is 0 Å². The van der Waals surface area contributed by atoms with E-state index in [1.54, 1.807) is 0 Å². The van der Waals surface area contributed by atoms with Crippen LogP contribution in [0.2, 0.25) is 0 Å². The third-order valence-corrected chi connectivity index (χ3v) is 3.98. The molecule has 21 heavy (non-hydrogen) atoms. The second kappa shape index (κ2) is 6.70. The highest BCUT2D eigenvalue weighted by Gasteiger charge is 2.20. The van der Waals surface area contributed by atoms with Crippen LogP contribution in [0.3, 0.4) is 0 Å². The fraction of sp³-hybridized carbons (Fsp3) is 0.235. The summed E-state index contributed by atoms with van der Waals surface area (Å²) < 4.78 is 0. The second-order valence-electron chi connectivity index (χ2n) is 5.28. The molecule has 0 spiro atoms. The van der Waals surface area contributed by atoms with Crippen molar-refractivity contribution in [1.29, 1.82) is 0 Å². The Kier molecular flexibility index (Phi) is 4.48. The number of hydrogen-bond donors (Lipinski definition) is 1. The van der Waals surface area contributed by atoms with Crippen molar-refractivity contribution in [2.45, 2.75) is 13.1 Å². The Hall–Kier alpha value is -1.91. The Morgan fingerprint density at radius 1 is 0.857 bits per heavy atom. The average Bonchev–Trinajstić information content (AvgIpc) is 2.53. The molecule has 4 heteroatoms. The summed E-state index contributed by atoms with van der Waals surface area (Å²) in [6.45, 7) is 3.44. The maximum absolute atomic E-state index is 5.43. The molecule has 0 bridgehead atoms. The summed E-state index contributed by atoms with van der Waals surface area (Å²) in [5.41, 5.74) is 2.61. The maximum Gasteiger partial charge on any atom is 0.171 e. The molecular weight excluding hydrogens is 278 g/mol. The molecule has 1 aliphatic rings. The van der Waals surface area contributed by atoms with Crippen LogP contribution < -0.4 is 5.32 Å². The zero-order valence-corrected chi connectivity index (χ0v) is 12.7. The molecule has 3 nitrogen and oxygen atoms in total. The van der Waals surface area contributed by atoms with Crippen LogP contribution in [0, 0.1) is 0 Å². The van der Waals surface area contributed by atoms with Gasteiger partial charge in [0.15, 0.2) is 5.11 Å². The molecule has 0 atom stereocenters. The first-order valence-electron chi connectivity index (χ1n) is 7.14. The maximum atomic E-state index is 5.43. The fourth-order valence-electron chi connectivity index (χ4n) is 2.52. The SMILES string of the molecule is S=C1NCN(Cc2ccccc2)CN1Cc1ccccc1. The smallest absolute Gasteiger partial charge is 0.171 e. The Morgan fingerprint density at radius 3 is 2.05 bits per heavy atom. The predicted molar refractivity (Wildman–Crippen MR) is 89.4 cm³/mol. The Balaban J connectivity index is 1.63. The van der Waals surface area contributed by atoms with Crippen molar-refractivity contribution in [2.75, 3.05) is 13.3 Å². The molecule has 0 unspecified atom stereocenters. The van der Waals surface area contributed by atoms with Crippen LogP contribution in [0.1, 0.15) is 11.1 Å². The largest absolute Gasteiger partial charge is 0.350 e. The van der Waals surface area contributed by atoms with Crippen LogP contribution in [0.25, 0.3) is 0 Å². The molecule has 0 aromatic heterocycles. The minimum Gasteiger partial charge on any atom is -0.350 e. The summed E-state index contributed by atoms with van der Waals surface area (Å²) in [6, 6.07) is 21.0. The van der Waals surface area contributed by atoms with E-state index in [1.807, 2.05) is 6.07 Å². The molecule has 0 aliphatic carbocycles. The van der Waals surface area contributed by atoms with Crippen LogP contribution >= 0.6 is 12.2 Å². The standard InChI is InChI=1S/C17H19N3S/c21-17-18-13-19(11-15-7-3-1-4-8-15)14-20(17)12-16-9-5-2-6-10-16/h1-10H,11-14H2,(H,18,21). The molecule has 1 fully saturated rings. The number of nitrogens with one attached hydrogen (secondary N) is 1. The zero-order chi connectivity index (χ0) is 14.5. The van der Waals surface area contributed by atoms with Crippen molar-refractivity contribution in [3.8, 4) is 0 Å². The van der Waals surface area contributed by atoms with Crippen LogP contribution in [0.4, 0.5) is 0 Å². The minimum absolute atomic E-state index is 0.805. The van der Waals surface area contributed by atoms with Gasteiger partial charge < -0.3 is 10.2 Å². The third-order valence-electron chi connectivity index (χ3n) is 3.58. The summed E-state index contributed by atoms with van der Waals surface area (Å²) in [5, 5.41) is 4.14. The van der Waals surface area contributed by atoms with E-state index in [0.717, 1.165) is 31.5 Å². The molecule has 0 radical (unpaired) electrons. The van der Waals surface area contributed by atoms with Crippen LogP contribution in [-0.4, -0.2) is 28.2 Å². The Labute approximate surface area is 131 Å². The lowest BCUT2D eigenvalue weighted by molar-refractivity contribution is 0.142. The van der Waals surface area contributed by atoms with Crippen molar-refractivity contribution in [1.82, 2.24) is 15.1 Å². The molecule has 3 rings (SSSR count). The lowest BCUT2D eigenvalue weighted by Crippen LogP contribution is -2.55. The van der Waals surface area contributed by atoms with Crippen molar-refractivity contribution in [3.63, 3.8) is 0 Å². The predicted octanol–water partition coefficient (Wildman–Crippen LogP) is 2.79. The van der Waals surface area contributed by atoms with E-state index >= 15 is 0 Å². The van der Waals surface area contributed by atoms with Gasteiger partial charge in [0.05, 0.1) is 13.3 Å². The van der Waals surface area contributed by atoms with Gasteiger partial charge in [0, 0.05) is 13.1 Å². The van der Waals surface area contributed by atoms with Crippen molar-refractivity contribution in [2.24, 2.45) is 0 Å². The number of rotatable bonds is 4. The van der Waals surface area contributed by atoms with E-state index in [1.165, 1.54) is 11.1 Å². The van der Waals surface area contributed by atoms with Crippen molar-refractivity contribution < 1.29 is 0 Å². The fourth-order valence-corrected chi connectivity index (χ4v) is 2.71. The highest BCUT2D eigenvalue weighted by Crippen LogP contribution is 2.11. The Bertz CT molecular complexity index is 585. The number of benzene rings is 2. The normalized spacial score (nSPS) is 15.8. The van der Waals surface area contributed by atoms with Gasteiger partial charge in [-0.15, -0.1) is 0 Å². The van der Waals surface area contributed by atoms with Crippen molar-refractivity contribution >= 4 is 17.3 Å². The molecule has 0 amide bonds. The van der Waals surface area contributed by atoms with E-state index < -0.39 is 0 Å². The molecule has 1 aliphatic heterocycles. The van der Waals surface area contributed by atoms with E-state index in [4.69, 9.17) is 12.2 Å². The van der Waals surface area contributed by atoms with Gasteiger partial charge in [-0.25, -0.2) is 0 Å². The molecule has 2 aromatic rings. The number of nitrogens with zero attached hydrogens (tertiary/aromatic N) is 2. The quantitative estimate of drug-likeness (QED) is 0.874. The van der Waals surface area contributed by atoms with Crippen LogP contribution in [0.15, 0.2) is 60.7 Å². The van der Waals surface area contributed by atoms with E-state index in [2.05, 4.69) is 69.7 Å². The summed E-state index contributed by atoms with van der Waals surface area (Å²) in [5.74, 6) is 0. The van der Waals surface area contributed by atoms with Crippen LogP contribution in [-0.2, 0) is 13.1 Å². The first-order valence-corrected chi connectivity index (χ1v) is 7.55. The molecule has 0 saturated carbocycles. The molecule has 2 aromatic carbocycles. The van der Waals surface area contributed by atoms with E-state index in [9.17, 15) is 0 Å². The highest BCUT2D eigenvalue weighted by molar-refractivity contribution is 7.80. The summed E-state index contributed by atoms with van der Waals surface area (Å²) >= 11 is 5.43. The van der Waals surface area contributed by atoms with E-state index in [-0.39, 0.29) is 0 Å². The third kappa shape index (κ3) is 3.80. The summed E-state index contributed by atoms with van der Waals surface area (Å²) in [6.07, 6.45) is 0. The van der Waals surface area contributed by atoms with Crippen molar-refractivity contribution in [3.05, 3.63) is 71.8 Å². The van der Waals surface area contributed by atoms with Gasteiger partial charge in [0.25, 0.3) is 0 Å². The first kappa shape index (κ1) is 14.0. The van der Waals surface area contributed by atoms with E-state index in [0.29, 0.717) is 0 Å². The van der Waals surface area contributed by atoms with Gasteiger partial charge in [-0.05, 0) is 23.3 Å². The van der Waals surface area contributed by atoms with Gasteiger partial charge in [-0.3, -0.25) is 4.90 Å². The molecule has 108 valence electrons. The highest BCUT2D eigenvalue weighted by atomic mass is 32.1. The average molecular weight is 297 g/mol. The molecule has 1 N–H and O–H groups in total. The molecular formula is C17H19N3S. The monoisotopic (exact) mass is 297 g/mol. The van der Waals surface area contributed by atoms with Gasteiger partial charge in [0.2, 0.25) is 0 Å². The van der Waals surface area contributed by atoms with Crippen LogP contribution in [0.5, 0.6) is 0 Å². The zero-order valence-electron chi connectivity index (χ0n) is 11.9. The van der Waals surface area contributed by atoms with Gasteiger partial charge in [-0.1, -0.05) is 60.7 Å². The van der Waals surface area contributed by atoms with Gasteiger partial charge >= 0.3 is 0 Å². The number of thiocarbonyl (C=S) groups is 1. The summed E-state index contributed by atoms with van der Waals surface area (Å²) in [4.78, 5) is 4.56. The lowest BCUT2D eigenvalue weighted by atomic mass is 10.2. The molecule has 1 heterocycles. The minimum atomic E-state index is 0.805. The number of hydrogen-bond acceptors (Lipinski definition) is 2. The lowest BCUT2D eigenvalue weighted by Gasteiger charge is -2.38. The summed E-state index contributed by atoms with van der Waals surface area (Å²) in [7, 11) is 0.